The van der Waals surface area contributed by atoms with E-state index in [4.69, 9.17) is 5.73 Å². The van der Waals surface area contributed by atoms with Gasteiger partial charge in [-0.1, -0.05) is 20.8 Å². The third-order valence-corrected chi connectivity index (χ3v) is 3.65. The van der Waals surface area contributed by atoms with E-state index in [1.165, 1.54) is 0 Å². The highest BCUT2D eigenvalue weighted by Gasteiger charge is 2.40. The Morgan fingerprint density at radius 2 is 2.00 bits per heavy atom. The summed E-state index contributed by atoms with van der Waals surface area (Å²) in [6.45, 7) is 6.68. The Morgan fingerprint density at radius 1 is 1.50 bits per heavy atom. The minimum absolute atomic E-state index is 0.152. The monoisotopic (exact) mass is 198 g/mol. The molecule has 0 bridgehead atoms. The molecule has 0 aromatic heterocycles. The average molecular weight is 198 g/mol. The lowest BCUT2D eigenvalue weighted by Crippen LogP contribution is -2.46. The number of amides is 1. The molecule has 0 saturated heterocycles. The van der Waals surface area contributed by atoms with Crippen molar-refractivity contribution in [1.82, 2.24) is 5.32 Å². The van der Waals surface area contributed by atoms with Gasteiger partial charge in [-0.15, -0.1) is 0 Å². The van der Waals surface area contributed by atoms with Crippen LogP contribution in [0.1, 0.15) is 40.0 Å². The van der Waals surface area contributed by atoms with E-state index in [2.05, 4.69) is 12.2 Å². The van der Waals surface area contributed by atoms with Crippen LogP contribution in [-0.2, 0) is 4.79 Å². The fraction of sp³-hybridized carbons (Fsp3) is 0.909. The van der Waals surface area contributed by atoms with Gasteiger partial charge in [0.25, 0.3) is 0 Å². The third kappa shape index (κ3) is 2.08. The number of carbonyl (C=O) groups excluding carboxylic acids is 1. The fourth-order valence-electron chi connectivity index (χ4n) is 1.80. The predicted octanol–water partition coefficient (Wildman–Crippen LogP) is 1.28. The van der Waals surface area contributed by atoms with Crippen molar-refractivity contribution < 1.29 is 4.79 Å². The lowest BCUT2D eigenvalue weighted by molar-refractivity contribution is -0.131. The maximum absolute atomic E-state index is 12.0. The Balaban J connectivity index is 2.54. The summed E-state index contributed by atoms with van der Waals surface area (Å²) in [5.74, 6) is 0.808. The first-order valence-corrected chi connectivity index (χ1v) is 5.60. The lowest BCUT2D eigenvalue weighted by Gasteiger charge is -2.28. The molecule has 1 fully saturated rings. The van der Waals surface area contributed by atoms with Gasteiger partial charge >= 0.3 is 0 Å². The molecule has 2 unspecified atom stereocenters. The Labute approximate surface area is 86.4 Å². The molecule has 82 valence electrons. The van der Waals surface area contributed by atoms with Crippen LogP contribution in [0.4, 0.5) is 0 Å². The maximum atomic E-state index is 12.0. The van der Waals surface area contributed by atoms with Crippen LogP contribution in [0.2, 0.25) is 0 Å². The zero-order valence-corrected chi connectivity index (χ0v) is 9.47. The van der Waals surface area contributed by atoms with Gasteiger partial charge in [0.1, 0.15) is 0 Å². The quantitative estimate of drug-likeness (QED) is 0.699. The zero-order valence-electron chi connectivity index (χ0n) is 9.47. The van der Waals surface area contributed by atoms with E-state index in [1.807, 2.05) is 13.8 Å². The average Bonchev–Trinajstić information content (AvgIpc) is 2.85. The summed E-state index contributed by atoms with van der Waals surface area (Å²) >= 11 is 0. The third-order valence-electron chi connectivity index (χ3n) is 3.65. The van der Waals surface area contributed by atoms with Crippen LogP contribution in [0.3, 0.4) is 0 Å². The molecule has 3 N–H and O–H groups in total. The number of nitrogens with one attached hydrogen (secondary N) is 1. The number of hydrogen-bond acceptors (Lipinski definition) is 2. The molecule has 0 heterocycles. The lowest BCUT2D eigenvalue weighted by atomic mass is 9.81. The SMILES string of the molecule is CCC(CC)(CN)C(=O)NC1CC1C. The molecule has 1 rings (SSSR count). The van der Waals surface area contributed by atoms with Gasteiger partial charge < -0.3 is 11.1 Å². The second-order valence-corrected chi connectivity index (χ2v) is 4.48. The van der Waals surface area contributed by atoms with Crippen LogP contribution in [-0.4, -0.2) is 18.5 Å². The van der Waals surface area contributed by atoms with E-state index in [9.17, 15) is 4.79 Å². The Hall–Kier alpha value is -0.570. The van der Waals surface area contributed by atoms with Gasteiger partial charge in [-0.25, -0.2) is 0 Å². The molecule has 3 heteroatoms. The smallest absolute Gasteiger partial charge is 0.227 e. The van der Waals surface area contributed by atoms with E-state index < -0.39 is 0 Å². The molecule has 2 atom stereocenters. The molecule has 3 nitrogen and oxygen atoms in total. The van der Waals surface area contributed by atoms with Gasteiger partial charge in [-0.2, -0.15) is 0 Å². The van der Waals surface area contributed by atoms with Gasteiger partial charge in [0.15, 0.2) is 0 Å². The number of hydrogen-bond donors (Lipinski definition) is 2. The number of carbonyl (C=O) groups is 1. The van der Waals surface area contributed by atoms with E-state index in [0.29, 0.717) is 18.5 Å². The molecule has 0 aromatic carbocycles. The molecule has 1 saturated carbocycles. The van der Waals surface area contributed by atoms with Crippen LogP contribution in [0.15, 0.2) is 0 Å². The minimum atomic E-state index is -0.331. The predicted molar refractivity (Wildman–Crippen MR) is 57.8 cm³/mol. The Bertz CT molecular complexity index is 203. The van der Waals surface area contributed by atoms with Crippen molar-refractivity contribution in [3.05, 3.63) is 0 Å². The molecule has 1 aliphatic carbocycles. The minimum Gasteiger partial charge on any atom is -0.353 e. The number of rotatable bonds is 5. The topological polar surface area (TPSA) is 55.1 Å². The van der Waals surface area contributed by atoms with Crippen molar-refractivity contribution >= 4 is 5.91 Å². The fourth-order valence-corrected chi connectivity index (χ4v) is 1.80. The standard InChI is InChI=1S/C11H22N2O/c1-4-11(5-2,7-12)10(14)13-9-6-8(9)3/h8-9H,4-7,12H2,1-3H3,(H,13,14). The first-order chi connectivity index (χ1) is 6.59. The van der Waals surface area contributed by atoms with Crippen LogP contribution in [0, 0.1) is 11.3 Å². The van der Waals surface area contributed by atoms with Gasteiger partial charge in [-0.05, 0) is 25.2 Å². The summed E-state index contributed by atoms with van der Waals surface area (Å²) in [5, 5.41) is 3.08. The molecule has 0 spiro atoms. The molecular weight excluding hydrogens is 176 g/mol. The van der Waals surface area contributed by atoms with E-state index in [-0.39, 0.29) is 11.3 Å². The van der Waals surface area contributed by atoms with Gasteiger partial charge in [0, 0.05) is 12.6 Å². The molecule has 14 heavy (non-hydrogen) atoms. The largest absolute Gasteiger partial charge is 0.353 e. The summed E-state index contributed by atoms with van der Waals surface area (Å²) in [5.41, 5.74) is 5.37. The second-order valence-electron chi connectivity index (χ2n) is 4.48. The summed E-state index contributed by atoms with van der Waals surface area (Å²) in [7, 11) is 0. The van der Waals surface area contributed by atoms with Crippen molar-refractivity contribution in [2.45, 2.75) is 46.1 Å². The zero-order chi connectivity index (χ0) is 10.8. The normalized spacial score (nSPS) is 26.0. The molecule has 1 amide bonds. The van der Waals surface area contributed by atoms with Gasteiger partial charge in [-0.3, -0.25) is 4.79 Å². The maximum Gasteiger partial charge on any atom is 0.227 e. The van der Waals surface area contributed by atoms with Crippen molar-refractivity contribution in [3.63, 3.8) is 0 Å². The van der Waals surface area contributed by atoms with Gasteiger partial charge in [0.2, 0.25) is 5.91 Å². The van der Waals surface area contributed by atoms with Crippen LogP contribution < -0.4 is 11.1 Å². The van der Waals surface area contributed by atoms with Crippen molar-refractivity contribution in [1.29, 1.82) is 0 Å². The van der Waals surface area contributed by atoms with E-state index in [0.717, 1.165) is 19.3 Å². The molecule has 1 aliphatic rings. The highest BCUT2D eigenvalue weighted by molar-refractivity contribution is 5.83. The van der Waals surface area contributed by atoms with Crippen LogP contribution >= 0.6 is 0 Å². The Morgan fingerprint density at radius 3 is 2.29 bits per heavy atom. The van der Waals surface area contributed by atoms with E-state index >= 15 is 0 Å². The van der Waals surface area contributed by atoms with Crippen molar-refractivity contribution in [2.75, 3.05) is 6.54 Å². The molecular formula is C11H22N2O. The molecule has 0 aliphatic heterocycles. The summed E-state index contributed by atoms with van der Waals surface area (Å²) in [6.07, 6.45) is 2.78. The summed E-state index contributed by atoms with van der Waals surface area (Å²) in [4.78, 5) is 12.0. The summed E-state index contributed by atoms with van der Waals surface area (Å²) in [6, 6.07) is 0.409. The first-order valence-electron chi connectivity index (χ1n) is 5.60. The highest BCUT2D eigenvalue weighted by atomic mass is 16.2. The summed E-state index contributed by atoms with van der Waals surface area (Å²) < 4.78 is 0. The van der Waals surface area contributed by atoms with Crippen LogP contribution in [0.5, 0.6) is 0 Å². The first kappa shape index (κ1) is 11.5. The number of nitrogens with two attached hydrogens (primary N) is 1. The molecule has 0 radical (unpaired) electrons. The van der Waals surface area contributed by atoms with Crippen LogP contribution in [0.25, 0.3) is 0 Å². The van der Waals surface area contributed by atoms with E-state index in [1.54, 1.807) is 0 Å². The molecule has 0 aromatic rings. The van der Waals surface area contributed by atoms with Gasteiger partial charge in [0.05, 0.1) is 5.41 Å². The van der Waals surface area contributed by atoms with Crippen molar-refractivity contribution in [3.8, 4) is 0 Å². The highest BCUT2D eigenvalue weighted by Crippen LogP contribution is 2.32. The Kier molecular flexibility index (Phi) is 3.53. The second kappa shape index (κ2) is 4.30. The van der Waals surface area contributed by atoms with Crippen molar-refractivity contribution in [2.24, 2.45) is 17.1 Å².